The zero-order valence-electron chi connectivity index (χ0n) is 15.8. The molecular weight excluding hydrogens is 360 g/mol. The first-order valence-corrected chi connectivity index (χ1v) is 9.92. The van der Waals surface area contributed by atoms with E-state index >= 15 is 0 Å². The first-order chi connectivity index (χ1) is 13.1. The zero-order valence-corrected chi connectivity index (χ0v) is 16.7. The van der Waals surface area contributed by atoms with Gasteiger partial charge in [0.1, 0.15) is 17.4 Å². The molecule has 27 heavy (non-hydrogen) atoms. The molecule has 6 heteroatoms. The molecule has 2 heterocycles. The molecule has 1 atom stereocenters. The van der Waals surface area contributed by atoms with Crippen LogP contribution in [0.25, 0.3) is 0 Å². The number of rotatable bonds is 8. The number of aryl methyl sites for hydroxylation is 1. The summed E-state index contributed by atoms with van der Waals surface area (Å²) in [5, 5.41) is 2.88. The molecule has 0 saturated carbocycles. The Morgan fingerprint density at radius 3 is 2.81 bits per heavy atom. The van der Waals surface area contributed by atoms with E-state index in [0.717, 1.165) is 28.4 Å². The normalized spacial score (nSPS) is 12.0. The maximum absolute atomic E-state index is 12.7. The van der Waals surface area contributed by atoms with Crippen molar-refractivity contribution in [1.29, 1.82) is 0 Å². The highest BCUT2D eigenvalue weighted by Crippen LogP contribution is 2.21. The molecule has 0 aliphatic carbocycles. The van der Waals surface area contributed by atoms with Crippen molar-refractivity contribution < 1.29 is 13.9 Å². The van der Waals surface area contributed by atoms with Crippen molar-refractivity contribution in [1.82, 2.24) is 9.88 Å². The zero-order chi connectivity index (χ0) is 19.2. The standard InChI is InChI=1S/C21H24N2O3S/c1-4-16(3)23(21(24)19-10-7-11-25-19)12-17-14-27-20(22-17)13-26-18-9-6-5-8-15(18)2/h5-11,14,16H,4,12-13H2,1-3H3/t16-/m0/s1. The Balaban J connectivity index is 1.67. The average Bonchev–Trinajstić information content (AvgIpc) is 3.36. The van der Waals surface area contributed by atoms with Gasteiger partial charge in [-0.25, -0.2) is 4.98 Å². The van der Waals surface area contributed by atoms with Crippen LogP contribution < -0.4 is 4.74 Å². The van der Waals surface area contributed by atoms with Crippen molar-refractivity contribution in [2.45, 2.75) is 46.4 Å². The van der Waals surface area contributed by atoms with Crippen LogP contribution in [-0.4, -0.2) is 21.8 Å². The van der Waals surface area contributed by atoms with Gasteiger partial charge in [0.05, 0.1) is 18.5 Å². The van der Waals surface area contributed by atoms with E-state index in [1.807, 2.05) is 43.5 Å². The lowest BCUT2D eigenvalue weighted by Gasteiger charge is -2.27. The molecule has 5 nitrogen and oxygen atoms in total. The van der Waals surface area contributed by atoms with Crippen molar-refractivity contribution in [3.05, 3.63) is 70.1 Å². The largest absolute Gasteiger partial charge is 0.486 e. The van der Waals surface area contributed by atoms with Gasteiger partial charge >= 0.3 is 0 Å². The maximum Gasteiger partial charge on any atom is 0.290 e. The van der Waals surface area contributed by atoms with Gasteiger partial charge in [-0.1, -0.05) is 25.1 Å². The number of benzene rings is 1. The lowest BCUT2D eigenvalue weighted by Crippen LogP contribution is -2.37. The minimum atomic E-state index is -0.111. The Morgan fingerprint density at radius 2 is 2.11 bits per heavy atom. The number of carbonyl (C=O) groups excluding carboxylic acids is 1. The summed E-state index contributed by atoms with van der Waals surface area (Å²) in [7, 11) is 0. The molecule has 1 aromatic carbocycles. The fraction of sp³-hybridized carbons (Fsp3) is 0.333. The molecule has 0 saturated heterocycles. The number of amides is 1. The molecule has 3 aromatic rings. The summed E-state index contributed by atoms with van der Waals surface area (Å²) < 4.78 is 11.2. The molecule has 0 radical (unpaired) electrons. The van der Waals surface area contributed by atoms with Crippen LogP contribution in [-0.2, 0) is 13.2 Å². The lowest BCUT2D eigenvalue weighted by atomic mass is 10.2. The highest BCUT2D eigenvalue weighted by molar-refractivity contribution is 7.09. The molecule has 0 spiro atoms. The molecule has 0 fully saturated rings. The Bertz CT molecular complexity index is 873. The van der Waals surface area contributed by atoms with Crippen LogP contribution in [0.3, 0.4) is 0 Å². The summed E-state index contributed by atoms with van der Waals surface area (Å²) >= 11 is 1.55. The second-order valence-electron chi connectivity index (χ2n) is 6.45. The van der Waals surface area contributed by atoms with Gasteiger partial charge in [-0.15, -0.1) is 11.3 Å². The summed E-state index contributed by atoms with van der Waals surface area (Å²) in [6.07, 6.45) is 2.38. The molecule has 142 valence electrons. The van der Waals surface area contributed by atoms with E-state index in [1.54, 1.807) is 28.4 Å². The van der Waals surface area contributed by atoms with E-state index in [1.165, 1.54) is 6.26 Å². The number of aromatic nitrogens is 1. The van der Waals surface area contributed by atoms with E-state index in [0.29, 0.717) is 18.9 Å². The van der Waals surface area contributed by atoms with E-state index < -0.39 is 0 Å². The number of hydrogen-bond donors (Lipinski definition) is 0. The minimum absolute atomic E-state index is 0.0935. The number of furan rings is 1. The number of para-hydroxylation sites is 1. The van der Waals surface area contributed by atoms with E-state index in [-0.39, 0.29) is 11.9 Å². The van der Waals surface area contributed by atoms with Crippen molar-refractivity contribution in [3.8, 4) is 5.75 Å². The Morgan fingerprint density at radius 1 is 1.30 bits per heavy atom. The van der Waals surface area contributed by atoms with Crippen LogP contribution in [0.1, 0.15) is 47.1 Å². The topological polar surface area (TPSA) is 55.6 Å². The SMILES string of the molecule is CC[C@H](C)N(Cc1csc(COc2ccccc2C)n1)C(=O)c1ccco1. The van der Waals surface area contributed by atoms with Crippen molar-refractivity contribution in [2.24, 2.45) is 0 Å². The molecule has 0 unspecified atom stereocenters. The van der Waals surface area contributed by atoms with E-state index in [4.69, 9.17) is 9.15 Å². The van der Waals surface area contributed by atoms with Gasteiger partial charge in [0.2, 0.25) is 0 Å². The third-order valence-corrected chi connectivity index (χ3v) is 5.36. The van der Waals surface area contributed by atoms with Gasteiger partial charge in [0.25, 0.3) is 5.91 Å². The summed E-state index contributed by atoms with van der Waals surface area (Å²) in [6.45, 7) is 7.00. The highest BCUT2D eigenvalue weighted by atomic mass is 32.1. The van der Waals surface area contributed by atoms with Crippen molar-refractivity contribution in [3.63, 3.8) is 0 Å². The summed E-state index contributed by atoms with van der Waals surface area (Å²) in [5.41, 5.74) is 1.96. The van der Waals surface area contributed by atoms with Crippen LogP contribution in [0.2, 0.25) is 0 Å². The number of hydrogen-bond acceptors (Lipinski definition) is 5. The fourth-order valence-corrected chi connectivity index (χ4v) is 3.41. The molecule has 1 amide bonds. The van der Waals surface area contributed by atoms with Gasteiger partial charge in [0.15, 0.2) is 5.76 Å². The average molecular weight is 385 g/mol. The van der Waals surface area contributed by atoms with Gasteiger partial charge in [-0.2, -0.15) is 0 Å². The number of ether oxygens (including phenoxy) is 1. The lowest BCUT2D eigenvalue weighted by molar-refractivity contribution is 0.0636. The third-order valence-electron chi connectivity index (χ3n) is 4.49. The predicted octanol–water partition coefficient (Wildman–Crippen LogP) is 5.06. The van der Waals surface area contributed by atoms with Crippen LogP contribution >= 0.6 is 11.3 Å². The monoisotopic (exact) mass is 384 g/mol. The molecule has 0 N–H and O–H groups in total. The number of nitrogens with zero attached hydrogens (tertiary/aromatic N) is 2. The van der Waals surface area contributed by atoms with Crippen molar-refractivity contribution in [2.75, 3.05) is 0 Å². The van der Waals surface area contributed by atoms with Crippen LogP contribution in [0.15, 0.2) is 52.5 Å². The molecule has 3 rings (SSSR count). The van der Waals surface area contributed by atoms with Gasteiger partial charge in [0, 0.05) is 11.4 Å². The van der Waals surface area contributed by atoms with Crippen LogP contribution in [0.5, 0.6) is 5.75 Å². The number of carbonyl (C=O) groups is 1. The fourth-order valence-electron chi connectivity index (χ4n) is 2.71. The second kappa shape index (κ2) is 8.86. The third kappa shape index (κ3) is 4.77. The van der Waals surface area contributed by atoms with Crippen molar-refractivity contribution >= 4 is 17.2 Å². The van der Waals surface area contributed by atoms with E-state index in [9.17, 15) is 4.79 Å². The first-order valence-electron chi connectivity index (χ1n) is 9.04. The van der Waals surface area contributed by atoms with E-state index in [2.05, 4.69) is 11.9 Å². The minimum Gasteiger partial charge on any atom is -0.486 e. The van der Waals surface area contributed by atoms with Crippen LogP contribution in [0, 0.1) is 6.92 Å². The molecule has 0 aliphatic rings. The highest BCUT2D eigenvalue weighted by Gasteiger charge is 2.23. The molecule has 0 aliphatic heterocycles. The van der Waals surface area contributed by atoms with Crippen LogP contribution in [0.4, 0.5) is 0 Å². The molecule has 2 aromatic heterocycles. The Kier molecular flexibility index (Phi) is 6.29. The maximum atomic E-state index is 12.7. The summed E-state index contributed by atoms with van der Waals surface area (Å²) in [5.74, 6) is 1.11. The van der Waals surface area contributed by atoms with Gasteiger partial charge in [-0.3, -0.25) is 4.79 Å². The van der Waals surface area contributed by atoms with Gasteiger partial charge < -0.3 is 14.1 Å². The summed E-state index contributed by atoms with van der Waals surface area (Å²) in [6, 6.07) is 11.4. The smallest absolute Gasteiger partial charge is 0.290 e. The molecular formula is C21H24N2O3S. The number of thiazole rings is 1. The Hall–Kier alpha value is -2.60. The Labute approximate surface area is 163 Å². The summed E-state index contributed by atoms with van der Waals surface area (Å²) in [4.78, 5) is 19.2. The predicted molar refractivity (Wildman–Crippen MR) is 106 cm³/mol. The molecule has 0 bridgehead atoms. The first kappa shape index (κ1) is 19.2. The quantitative estimate of drug-likeness (QED) is 0.544. The second-order valence-corrected chi connectivity index (χ2v) is 7.40. The van der Waals surface area contributed by atoms with Gasteiger partial charge in [-0.05, 0) is 44.0 Å².